The van der Waals surface area contributed by atoms with Crippen molar-refractivity contribution in [3.05, 3.63) is 0 Å². The van der Waals surface area contributed by atoms with Crippen LogP contribution in [0.5, 0.6) is 0 Å². The molecular weight excluding hydrogens is 889 g/mol. The molecule has 0 atom stereocenters. The van der Waals surface area contributed by atoms with Crippen LogP contribution in [0.3, 0.4) is 0 Å². The molecule has 3 aliphatic rings. The summed E-state index contributed by atoms with van der Waals surface area (Å²) < 4.78 is 60.9. The van der Waals surface area contributed by atoms with Gasteiger partial charge in [0.05, 0.1) is 171 Å². The van der Waals surface area contributed by atoms with Gasteiger partial charge in [0.2, 0.25) is 0 Å². The third-order valence-corrected chi connectivity index (χ3v) is 36.9. The fourth-order valence-electron chi connectivity index (χ4n) is 2.89. The normalized spacial score (nSPS) is 25.4. The smallest absolute Gasteiger partial charge is 0.725 e. The molecule has 0 radical (unpaired) electrons. The van der Waals surface area contributed by atoms with Crippen LogP contribution >= 0.6 is 29.3 Å². The van der Waals surface area contributed by atoms with Gasteiger partial charge in [-0.25, -0.2) is 0 Å². The van der Waals surface area contributed by atoms with Crippen LogP contribution < -0.4 is 103 Å². The van der Waals surface area contributed by atoms with Gasteiger partial charge in [-0.3, -0.25) is 0 Å². The fourth-order valence-corrected chi connectivity index (χ4v) is 58.2. The molecule has 0 spiro atoms. The van der Waals surface area contributed by atoms with Crippen molar-refractivity contribution in [1.82, 2.24) is 0 Å². The van der Waals surface area contributed by atoms with E-state index in [1.807, 2.05) is 0 Å². The zero-order valence-corrected chi connectivity index (χ0v) is 44.0. The Hall–Kier alpha value is 4.47. The molecule has 0 N–H and O–H groups in total. The van der Waals surface area contributed by atoms with Crippen LogP contribution in [0.25, 0.3) is 0 Å². The van der Waals surface area contributed by atoms with Crippen molar-refractivity contribution in [2.75, 3.05) is 159 Å². The van der Waals surface area contributed by atoms with Crippen LogP contribution in [0.15, 0.2) is 0 Å². The summed E-state index contributed by atoms with van der Waals surface area (Å²) >= 11 is 22.9. The predicted octanol–water partition coefficient (Wildman–Crippen LogP) is -1.72. The van der Waals surface area contributed by atoms with E-state index in [4.69, 9.17) is 115 Å². The van der Waals surface area contributed by atoms with E-state index in [1.54, 1.807) is 12.1 Å². The summed E-state index contributed by atoms with van der Waals surface area (Å²) in [6.07, 6.45) is 0. The van der Waals surface area contributed by atoms with Gasteiger partial charge in [0.25, 0.3) is 0 Å². The molecule has 0 aromatic carbocycles. The minimum atomic E-state index is -1.50. The van der Waals surface area contributed by atoms with Gasteiger partial charge in [0.15, 0.2) is 0 Å². The Balaban J connectivity index is -0.000000317. The second-order valence-electron chi connectivity index (χ2n) is 8.85. The quantitative estimate of drug-likeness (QED) is 0.153. The van der Waals surface area contributed by atoms with E-state index in [1.165, 1.54) is 35.9 Å². The fraction of sp³-hybridized carbons (Fsp3) is 0.929. The summed E-state index contributed by atoms with van der Waals surface area (Å²) in [7, 11) is 0. The molecule has 296 valence electrons. The Morgan fingerprint density at radius 2 is 0.442 bits per heavy atom. The molecule has 3 rings (SSSR count). The van der Waals surface area contributed by atoms with Gasteiger partial charge in [0, 0.05) is 13.8 Å². The van der Waals surface area contributed by atoms with Crippen LogP contribution in [-0.2, 0) is 105 Å². The third kappa shape index (κ3) is 56.6. The predicted molar refractivity (Wildman–Crippen MR) is 211 cm³/mol. The molecule has 0 unspecified atom stereocenters. The zero-order valence-electron chi connectivity index (χ0n) is 31.1. The Kier molecular flexibility index (Phi) is 62.6. The van der Waals surface area contributed by atoms with Crippen molar-refractivity contribution in [2.45, 2.75) is 13.8 Å². The first-order valence-corrected chi connectivity index (χ1v) is 27.5. The second kappa shape index (κ2) is 51.6. The van der Waals surface area contributed by atoms with Crippen molar-refractivity contribution in [3.63, 3.8) is 0 Å². The Morgan fingerprint density at radius 3 is 0.481 bits per heavy atom. The molecule has 0 aromatic rings. The maximum Gasteiger partial charge on any atom is 1.00 e. The molecule has 3 aliphatic heterocycles. The third-order valence-electron chi connectivity index (χ3n) is 4.86. The topological polar surface area (TPSA) is 158 Å². The maximum absolute atomic E-state index is 7.32. The van der Waals surface area contributed by atoms with Crippen molar-refractivity contribution in [1.29, 1.82) is 10.5 Å². The number of hydrogen-bond acceptors (Lipinski definition) is 20. The minimum absolute atomic E-state index is 0. The molecule has 3 saturated heterocycles. The minimum Gasteiger partial charge on any atom is -0.725 e. The average molecular weight is 943 g/mol. The van der Waals surface area contributed by atoms with E-state index in [-0.39, 0.29) is 103 Å². The largest absolute Gasteiger partial charge is 1.00 e. The Bertz CT molecular complexity index is 692. The first kappa shape index (κ1) is 63.1. The molecule has 0 saturated carbocycles. The van der Waals surface area contributed by atoms with Crippen molar-refractivity contribution in [3.8, 4) is 12.1 Å². The Morgan fingerprint density at radius 1 is 0.365 bits per heavy atom. The first-order chi connectivity index (χ1) is 24.2. The summed E-state index contributed by atoms with van der Waals surface area (Å²) in [6, 6.07) is 3.50. The van der Waals surface area contributed by atoms with E-state index >= 15 is 0 Å². The van der Waals surface area contributed by atoms with Gasteiger partial charge in [-0.1, -0.05) is 7.29 Å². The van der Waals surface area contributed by atoms with Crippen molar-refractivity contribution in [2.24, 2.45) is 0 Å². The van der Waals surface area contributed by atoms with Gasteiger partial charge >= 0.3 is 103 Å². The molecule has 0 aromatic heterocycles. The van der Waals surface area contributed by atoms with Crippen LogP contribution in [0, 0.1) is 22.7 Å². The van der Waals surface area contributed by atoms with Gasteiger partial charge in [-0.05, 0) is 0 Å². The summed E-state index contributed by atoms with van der Waals surface area (Å²) in [4.78, 5) is 0. The van der Waals surface area contributed by atoms with Crippen LogP contribution in [0.1, 0.15) is 13.8 Å². The SMILES string of the molecule is C1COCCOCCOCCOCCOCCO1.C1COCCOCCOCCOCCOCCO1.CC#N.CC#N.S=P1([S-])SP(=S)([S-])S1.[K+].[K+]. The molecule has 0 bridgehead atoms. The number of nitrogens with zero attached hydrogens (tertiary/aromatic N) is 2. The van der Waals surface area contributed by atoms with Gasteiger partial charge < -0.3 is 81.3 Å². The maximum atomic E-state index is 7.32. The monoisotopic (exact) mass is 942 g/mol. The number of ether oxygens (including phenoxy) is 12. The summed E-state index contributed by atoms with van der Waals surface area (Å²) in [6.45, 7) is 16.9. The van der Waals surface area contributed by atoms with Gasteiger partial charge in [0.1, 0.15) is 0 Å². The van der Waals surface area contributed by atoms with Crippen LogP contribution in [-0.4, -0.2) is 159 Å². The summed E-state index contributed by atoms with van der Waals surface area (Å²) in [5.41, 5.74) is 0. The van der Waals surface area contributed by atoms with Crippen LogP contribution in [0.2, 0.25) is 0 Å². The van der Waals surface area contributed by atoms with Gasteiger partial charge in [-0.2, -0.15) is 10.5 Å². The number of hydrogen-bond donors (Lipinski definition) is 0. The van der Waals surface area contributed by atoms with E-state index < -0.39 is 7.29 Å². The first-order valence-electron chi connectivity index (χ1n) is 15.8. The van der Waals surface area contributed by atoms with Crippen molar-refractivity contribution >= 4 is 77.4 Å². The molecule has 3 heterocycles. The molecule has 0 aliphatic carbocycles. The molecule has 0 amide bonds. The molecule has 14 nitrogen and oxygen atoms in total. The number of nitriles is 2. The second-order valence-corrected chi connectivity index (χ2v) is 36.4. The molecule has 24 heteroatoms. The average Bonchev–Trinajstić information content (AvgIpc) is 3.05. The van der Waals surface area contributed by atoms with Gasteiger partial charge in [-0.15, -0.1) is 45.6 Å². The van der Waals surface area contributed by atoms with E-state index in [2.05, 4.69) is 0 Å². The standard InChI is InChI=1S/2C12H24O6.2C2H3N.2K.H2P2S6/c2*1-2-14-5-6-16-9-10-18-12-11-17-8-7-15-4-3-13-1;2*1-2-3;;;3-1(4)7-2(5,6)8-1/h2*1-12H2;2*1H3;;;(H,3,4)(H,5,6)/q;;;;2*+1;/p-2. The molecular formula is C28H54K2N2O12P2S6. The van der Waals surface area contributed by atoms with E-state index in [0.717, 1.165) is 0 Å². The van der Waals surface area contributed by atoms with E-state index in [9.17, 15) is 0 Å². The molecule has 52 heavy (non-hydrogen) atoms. The van der Waals surface area contributed by atoms with Crippen LogP contribution in [0.4, 0.5) is 0 Å². The number of rotatable bonds is 0. The zero-order chi connectivity index (χ0) is 37.3. The summed E-state index contributed by atoms with van der Waals surface area (Å²) in [5, 5.41) is 14.6. The summed E-state index contributed by atoms with van der Waals surface area (Å²) in [5.74, 6) is 0. The van der Waals surface area contributed by atoms with E-state index in [0.29, 0.717) is 159 Å². The Labute approximate surface area is 425 Å². The molecule has 3 fully saturated rings. The van der Waals surface area contributed by atoms with Crippen molar-refractivity contribution < 1.29 is 160 Å².